The van der Waals surface area contributed by atoms with Crippen molar-refractivity contribution in [1.29, 1.82) is 0 Å². The molecule has 1 heterocycles. The molecule has 2 amide bonds. The number of nitrogens with zero attached hydrogens (tertiary/aromatic N) is 1. The first kappa shape index (κ1) is 24.1. The summed E-state index contributed by atoms with van der Waals surface area (Å²) in [5.74, 6) is 1.72. The molecule has 1 N–H and O–H groups in total. The van der Waals surface area contributed by atoms with Crippen molar-refractivity contribution in [3.63, 3.8) is 0 Å². The molecule has 1 aliphatic rings. The van der Waals surface area contributed by atoms with Crippen LogP contribution in [0.4, 0.5) is 0 Å². The fraction of sp³-hybridized carbons (Fsp3) is 0.286. The van der Waals surface area contributed by atoms with Crippen LogP contribution in [0.5, 0.6) is 17.2 Å². The number of hydrogen-bond acceptors (Lipinski definition) is 5. The SMILES string of the molecule is COc1ccc(C(=O)NC(C(=O)N2CCC(Oc3cccc(OC)c3)CC2)c2ccccc2)cc1. The van der Waals surface area contributed by atoms with Gasteiger partial charge in [0.05, 0.1) is 14.2 Å². The minimum absolute atomic E-state index is 0.00946. The van der Waals surface area contributed by atoms with Crippen LogP contribution in [-0.2, 0) is 4.79 Å². The molecule has 0 bridgehead atoms. The van der Waals surface area contributed by atoms with Crippen molar-refractivity contribution in [3.8, 4) is 17.2 Å². The molecule has 7 nitrogen and oxygen atoms in total. The van der Waals surface area contributed by atoms with Gasteiger partial charge in [-0.1, -0.05) is 36.4 Å². The van der Waals surface area contributed by atoms with Crippen molar-refractivity contribution in [1.82, 2.24) is 10.2 Å². The highest BCUT2D eigenvalue weighted by atomic mass is 16.5. The second-order valence-corrected chi connectivity index (χ2v) is 8.37. The van der Waals surface area contributed by atoms with Gasteiger partial charge in [-0.25, -0.2) is 0 Å². The molecule has 1 fully saturated rings. The quantitative estimate of drug-likeness (QED) is 0.528. The first-order chi connectivity index (χ1) is 17.1. The first-order valence-electron chi connectivity index (χ1n) is 11.7. The van der Waals surface area contributed by atoms with Crippen LogP contribution >= 0.6 is 0 Å². The lowest BCUT2D eigenvalue weighted by Gasteiger charge is -2.34. The van der Waals surface area contributed by atoms with E-state index in [9.17, 15) is 9.59 Å². The van der Waals surface area contributed by atoms with E-state index < -0.39 is 6.04 Å². The minimum atomic E-state index is -0.776. The lowest BCUT2D eigenvalue weighted by atomic mass is 10.0. The van der Waals surface area contributed by atoms with Gasteiger partial charge >= 0.3 is 0 Å². The Morgan fingerprint density at radius 2 is 1.49 bits per heavy atom. The summed E-state index contributed by atoms with van der Waals surface area (Å²) >= 11 is 0. The molecule has 0 spiro atoms. The summed E-state index contributed by atoms with van der Waals surface area (Å²) in [5.41, 5.74) is 1.21. The summed E-state index contributed by atoms with van der Waals surface area (Å²) in [7, 11) is 3.20. The van der Waals surface area contributed by atoms with Gasteiger partial charge in [0.25, 0.3) is 5.91 Å². The van der Waals surface area contributed by atoms with Crippen LogP contribution in [0, 0.1) is 0 Å². The van der Waals surface area contributed by atoms with Gasteiger partial charge in [-0.15, -0.1) is 0 Å². The Morgan fingerprint density at radius 3 is 2.14 bits per heavy atom. The smallest absolute Gasteiger partial charge is 0.252 e. The Balaban J connectivity index is 1.42. The van der Waals surface area contributed by atoms with E-state index >= 15 is 0 Å². The highest BCUT2D eigenvalue weighted by Crippen LogP contribution is 2.25. The third-order valence-corrected chi connectivity index (χ3v) is 6.11. The number of piperidine rings is 1. The number of nitrogens with one attached hydrogen (secondary N) is 1. The van der Waals surface area contributed by atoms with E-state index in [4.69, 9.17) is 14.2 Å². The summed E-state index contributed by atoms with van der Waals surface area (Å²) in [6, 6.07) is 22.9. The molecule has 0 aliphatic carbocycles. The zero-order valence-corrected chi connectivity index (χ0v) is 20.0. The lowest BCUT2D eigenvalue weighted by Crippen LogP contribution is -2.47. The van der Waals surface area contributed by atoms with E-state index in [1.807, 2.05) is 54.6 Å². The minimum Gasteiger partial charge on any atom is -0.497 e. The predicted molar refractivity (Wildman–Crippen MR) is 133 cm³/mol. The van der Waals surface area contributed by atoms with Crippen LogP contribution in [0.2, 0.25) is 0 Å². The summed E-state index contributed by atoms with van der Waals surface area (Å²) < 4.78 is 16.5. The number of hydrogen-bond donors (Lipinski definition) is 1. The van der Waals surface area contributed by atoms with Crippen molar-refractivity contribution in [3.05, 3.63) is 90.0 Å². The van der Waals surface area contributed by atoms with Gasteiger partial charge in [-0.3, -0.25) is 9.59 Å². The maximum Gasteiger partial charge on any atom is 0.252 e. The molecule has 0 saturated carbocycles. The number of benzene rings is 3. The van der Waals surface area contributed by atoms with Crippen molar-refractivity contribution in [2.45, 2.75) is 25.0 Å². The summed E-state index contributed by atoms with van der Waals surface area (Å²) in [6.07, 6.45) is 1.42. The molecule has 4 rings (SSSR count). The van der Waals surface area contributed by atoms with Crippen LogP contribution in [0.25, 0.3) is 0 Å². The molecule has 1 atom stereocenters. The molecule has 182 valence electrons. The number of carbonyl (C=O) groups excluding carboxylic acids is 2. The third-order valence-electron chi connectivity index (χ3n) is 6.11. The highest BCUT2D eigenvalue weighted by molar-refractivity contribution is 5.98. The molecule has 1 saturated heterocycles. The Hall–Kier alpha value is -4.00. The second kappa shape index (κ2) is 11.4. The number of carbonyl (C=O) groups is 2. The summed E-state index contributed by atoms with van der Waals surface area (Å²) in [6.45, 7) is 1.10. The number of methoxy groups -OCH3 is 2. The highest BCUT2D eigenvalue weighted by Gasteiger charge is 2.31. The normalized spacial score (nSPS) is 14.6. The molecule has 1 aliphatic heterocycles. The average molecular weight is 475 g/mol. The zero-order valence-electron chi connectivity index (χ0n) is 20.0. The maximum atomic E-state index is 13.5. The van der Waals surface area contributed by atoms with E-state index in [1.165, 1.54) is 0 Å². The number of rotatable bonds is 8. The molecule has 0 aromatic heterocycles. The fourth-order valence-electron chi connectivity index (χ4n) is 4.13. The molecule has 7 heteroatoms. The molecular weight excluding hydrogens is 444 g/mol. The van der Waals surface area contributed by atoms with Gasteiger partial charge in [-0.05, 0) is 42.0 Å². The monoisotopic (exact) mass is 474 g/mol. The summed E-state index contributed by atoms with van der Waals surface area (Å²) in [4.78, 5) is 28.3. The molecule has 0 radical (unpaired) electrons. The van der Waals surface area contributed by atoms with E-state index in [0.29, 0.717) is 37.2 Å². The molecule has 3 aromatic carbocycles. The first-order valence-corrected chi connectivity index (χ1v) is 11.7. The van der Waals surface area contributed by atoms with Gasteiger partial charge < -0.3 is 24.4 Å². The summed E-state index contributed by atoms with van der Waals surface area (Å²) in [5, 5.41) is 2.93. The van der Waals surface area contributed by atoms with Crippen molar-refractivity contribution < 1.29 is 23.8 Å². The van der Waals surface area contributed by atoms with Crippen LogP contribution < -0.4 is 19.5 Å². The van der Waals surface area contributed by atoms with E-state index in [2.05, 4.69) is 5.32 Å². The molecule has 35 heavy (non-hydrogen) atoms. The van der Waals surface area contributed by atoms with Gasteiger partial charge in [0.2, 0.25) is 5.91 Å². The Bertz CT molecular complexity index is 1130. The van der Waals surface area contributed by atoms with Crippen LogP contribution in [0.15, 0.2) is 78.9 Å². The van der Waals surface area contributed by atoms with E-state index in [0.717, 1.165) is 17.1 Å². The standard InChI is InChI=1S/C28H30N2O5/c1-33-22-13-11-21(12-14-22)27(31)29-26(20-7-4-3-5-8-20)28(32)30-17-15-23(16-18-30)35-25-10-6-9-24(19-25)34-2/h3-14,19,23,26H,15-18H2,1-2H3,(H,29,31). The van der Waals surface area contributed by atoms with Crippen LogP contribution in [-0.4, -0.2) is 50.1 Å². The molecule has 3 aromatic rings. The fourth-order valence-corrected chi connectivity index (χ4v) is 4.13. The van der Waals surface area contributed by atoms with Gasteiger partial charge in [0.1, 0.15) is 29.4 Å². The Labute approximate surface area is 205 Å². The lowest BCUT2D eigenvalue weighted by molar-refractivity contribution is -0.135. The second-order valence-electron chi connectivity index (χ2n) is 8.37. The van der Waals surface area contributed by atoms with Crippen LogP contribution in [0.3, 0.4) is 0 Å². The zero-order chi connectivity index (χ0) is 24.6. The Kier molecular flexibility index (Phi) is 7.88. The molecular formula is C28H30N2O5. The predicted octanol–water partition coefficient (Wildman–Crippen LogP) is 4.24. The number of likely N-dealkylation sites (tertiary alicyclic amines) is 1. The Morgan fingerprint density at radius 1 is 0.829 bits per heavy atom. The van der Waals surface area contributed by atoms with Crippen molar-refractivity contribution in [2.24, 2.45) is 0 Å². The largest absolute Gasteiger partial charge is 0.497 e. The van der Waals surface area contributed by atoms with E-state index in [-0.39, 0.29) is 17.9 Å². The van der Waals surface area contributed by atoms with Crippen molar-refractivity contribution >= 4 is 11.8 Å². The van der Waals surface area contributed by atoms with E-state index in [1.54, 1.807) is 43.4 Å². The maximum absolute atomic E-state index is 13.5. The van der Waals surface area contributed by atoms with Gasteiger partial charge in [0, 0.05) is 37.6 Å². The topological polar surface area (TPSA) is 77.1 Å². The number of ether oxygens (including phenoxy) is 3. The van der Waals surface area contributed by atoms with Gasteiger partial charge in [-0.2, -0.15) is 0 Å². The third kappa shape index (κ3) is 6.12. The molecule has 1 unspecified atom stereocenters. The average Bonchev–Trinajstić information content (AvgIpc) is 2.92. The van der Waals surface area contributed by atoms with Gasteiger partial charge in [0.15, 0.2) is 0 Å². The van der Waals surface area contributed by atoms with Crippen LogP contribution in [0.1, 0.15) is 34.8 Å². The van der Waals surface area contributed by atoms with Crippen molar-refractivity contribution in [2.75, 3.05) is 27.3 Å². The number of amides is 2.